The van der Waals surface area contributed by atoms with Gasteiger partial charge in [0.05, 0.1) is 17.3 Å². The third kappa shape index (κ3) is 2.81. The highest BCUT2D eigenvalue weighted by Gasteiger charge is 2.19. The Kier molecular flexibility index (Phi) is 4.38. The lowest BCUT2D eigenvalue weighted by Gasteiger charge is -2.21. The van der Waals surface area contributed by atoms with Crippen LogP contribution in [0.1, 0.15) is 27.7 Å². The average molecular weight is 285 g/mol. The first-order valence-electron chi connectivity index (χ1n) is 6.27. The Hall–Kier alpha value is -2.32. The van der Waals surface area contributed by atoms with Gasteiger partial charge < -0.3 is 10.6 Å². The third-order valence-electron chi connectivity index (χ3n) is 3.06. The molecule has 5 heteroatoms. The van der Waals surface area contributed by atoms with Gasteiger partial charge in [-0.1, -0.05) is 18.2 Å². The molecule has 2 rings (SSSR count). The zero-order valence-electron chi connectivity index (χ0n) is 11.2. The van der Waals surface area contributed by atoms with E-state index < -0.39 is 0 Å². The number of carbonyl (C=O) groups is 1. The molecule has 2 N–H and O–H groups in total. The second kappa shape index (κ2) is 6.22. The monoisotopic (exact) mass is 285 g/mol. The van der Waals surface area contributed by atoms with Crippen molar-refractivity contribution in [3.8, 4) is 6.07 Å². The Morgan fingerprint density at radius 1 is 1.40 bits per heavy atom. The van der Waals surface area contributed by atoms with Crippen molar-refractivity contribution in [2.45, 2.75) is 13.5 Å². The number of amides is 1. The van der Waals surface area contributed by atoms with E-state index in [4.69, 9.17) is 11.0 Å². The number of hydrogen-bond donors (Lipinski definition) is 1. The van der Waals surface area contributed by atoms with Gasteiger partial charge in [-0.15, -0.1) is 11.3 Å². The predicted octanol–water partition coefficient (Wildman–Crippen LogP) is 2.86. The minimum absolute atomic E-state index is 0.0901. The molecule has 0 spiro atoms. The second-order valence-electron chi connectivity index (χ2n) is 4.29. The largest absolute Gasteiger partial charge is 0.397 e. The molecule has 0 unspecified atom stereocenters. The highest BCUT2D eigenvalue weighted by atomic mass is 32.1. The Bertz CT molecular complexity index is 657. The molecule has 1 amide bonds. The van der Waals surface area contributed by atoms with E-state index in [0.29, 0.717) is 29.2 Å². The first kappa shape index (κ1) is 14.1. The number of nitrogen functional groups attached to an aromatic ring is 1. The standard InChI is InChI=1S/C15H15N3OS/c1-2-18(15(19)14-13(17)7-8-20-14)10-12-6-4-3-5-11(12)9-16/h3-8H,2,10,17H2,1H3. The van der Waals surface area contributed by atoms with Crippen molar-refractivity contribution in [2.24, 2.45) is 0 Å². The number of thiophene rings is 1. The molecule has 0 aliphatic heterocycles. The number of rotatable bonds is 4. The molecule has 0 atom stereocenters. The Labute approximate surface area is 122 Å². The molecule has 0 bridgehead atoms. The van der Waals surface area contributed by atoms with Crippen LogP contribution >= 0.6 is 11.3 Å². The molecule has 0 aliphatic carbocycles. The second-order valence-corrected chi connectivity index (χ2v) is 5.21. The van der Waals surface area contributed by atoms with Crippen molar-refractivity contribution in [2.75, 3.05) is 12.3 Å². The van der Waals surface area contributed by atoms with Crippen LogP contribution in [0.2, 0.25) is 0 Å². The van der Waals surface area contributed by atoms with Crippen molar-refractivity contribution >= 4 is 22.9 Å². The van der Waals surface area contributed by atoms with Crippen molar-refractivity contribution < 1.29 is 4.79 Å². The van der Waals surface area contributed by atoms with Gasteiger partial charge in [-0.05, 0) is 30.0 Å². The summed E-state index contributed by atoms with van der Waals surface area (Å²) in [6.07, 6.45) is 0. The van der Waals surface area contributed by atoms with E-state index in [0.717, 1.165) is 5.56 Å². The highest BCUT2D eigenvalue weighted by molar-refractivity contribution is 7.12. The Morgan fingerprint density at radius 3 is 2.75 bits per heavy atom. The summed E-state index contributed by atoms with van der Waals surface area (Å²) in [5.41, 5.74) is 7.74. The molecule has 0 saturated carbocycles. The fourth-order valence-electron chi connectivity index (χ4n) is 1.94. The first-order valence-corrected chi connectivity index (χ1v) is 7.15. The molecular formula is C15H15N3OS. The minimum Gasteiger partial charge on any atom is -0.397 e. The lowest BCUT2D eigenvalue weighted by atomic mass is 10.1. The minimum atomic E-state index is -0.0901. The van der Waals surface area contributed by atoms with Crippen molar-refractivity contribution in [1.82, 2.24) is 4.90 Å². The van der Waals surface area contributed by atoms with Gasteiger partial charge in [-0.3, -0.25) is 4.79 Å². The van der Waals surface area contributed by atoms with Gasteiger partial charge in [0, 0.05) is 13.1 Å². The summed E-state index contributed by atoms with van der Waals surface area (Å²) in [4.78, 5) is 14.7. The van der Waals surface area contributed by atoms with Gasteiger partial charge in [0.25, 0.3) is 5.91 Å². The van der Waals surface area contributed by atoms with Crippen LogP contribution in [-0.4, -0.2) is 17.4 Å². The summed E-state index contributed by atoms with van der Waals surface area (Å²) >= 11 is 1.34. The molecule has 1 aromatic heterocycles. The normalized spacial score (nSPS) is 10.0. The number of hydrogen-bond acceptors (Lipinski definition) is 4. The number of nitrogens with two attached hydrogens (primary N) is 1. The van der Waals surface area contributed by atoms with Crippen LogP contribution in [0.4, 0.5) is 5.69 Å². The van der Waals surface area contributed by atoms with Crippen LogP contribution in [0, 0.1) is 11.3 Å². The van der Waals surface area contributed by atoms with Gasteiger partial charge >= 0.3 is 0 Å². The quantitative estimate of drug-likeness (QED) is 0.939. The first-order chi connectivity index (χ1) is 9.67. The summed E-state index contributed by atoms with van der Waals surface area (Å²) in [5, 5.41) is 10.9. The van der Waals surface area contributed by atoms with Gasteiger partial charge in [0.1, 0.15) is 4.88 Å². The Morgan fingerprint density at radius 2 is 2.15 bits per heavy atom. The maximum absolute atomic E-state index is 12.4. The number of carbonyl (C=O) groups excluding carboxylic acids is 1. The topological polar surface area (TPSA) is 70.1 Å². The molecule has 0 fully saturated rings. The number of anilines is 1. The predicted molar refractivity (Wildman–Crippen MR) is 80.3 cm³/mol. The summed E-state index contributed by atoms with van der Waals surface area (Å²) < 4.78 is 0. The summed E-state index contributed by atoms with van der Waals surface area (Å²) in [7, 11) is 0. The molecule has 1 aromatic carbocycles. The van der Waals surface area contributed by atoms with E-state index in [9.17, 15) is 4.79 Å². The molecule has 0 radical (unpaired) electrons. The number of nitriles is 1. The van der Waals surface area contributed by atoms with Gasteiger partial charge in [-0.2, -0.15) is 5.26 Å². The highest BCUT2D eigenvalue weighted by Crippen LogP contribution is 2.22. The molecular weight excluding hydrogens is 270 g/mol. The third-order valence-corrected chi connectivity index (χ3v) is 3.98. The van der Waals surface area contributed by atoms with E-state index in [-0.39, 0.29) is 5.91 Å². The van der Waals surface area contributed by atoms with Crippen molar-refractivity contribution in [3.63, 3.8) is 0 Å². The molecule has 4 nitrogen and oxygen atoms in total. The van der Waals surface area contributed by atoms with Crippen LogP contribution < -0.4 is 5.73 Å². The van der Waals surface area contributed by atoms with Gasteiger partial charge in [0.2, 0.25) is 0 Å². The average Bonchev–Trinajstić information content (AvgIpc) is 2.90. The van der Waals surface area contributed by atoms with E-state index in [1.165, 1.54) is 11.3 Å². The Balaban J connectivity index is 2.24. The van der Waals surface area contributed by atoms with E-state index in [2.05, 4.69) is 6.07 Å². The van der Waals surface area contributed by atoms with Crippen LogP contribution in [0.15, 0.2) is 35.7 Å². The van der Waals surface area contributed by atoms with Crippen molar-refractivity contribution in [3.05, 3.63) is 51.7 Å². The molecule has 102 valence electrons. The van der Waals surface area contributed by atoms with Crippen LogP contribution in [0.25, 0.3) is 0 Å². The fraction of sp³-hybridized carbons (Fsp3) is 0.200. The zero-order chi connectivity index (χ0) is 14.5. The molecule has 1 heterocycles. The SMILES string of the molecule is CCN(Cc1ccccc1C#N)C(=O)c1sccc1N. The smallest absolute Gasteiger partial charge is 0.266 e. The molecule has 0 saturated heterocycles. The van der Waals surface area contributed by atoms with E-state index in [1.54, 1.807) is 22.4 Å². The zero-order valence-corrected chi connectivity index (χ0v) is 12.0. The molecule has 0 aliphatic rings. The molecule has 20 heavy (non-hydrogen) atoms. The molecule has 2 aromatic rings. The van der Waals surface area contributed by atoms with Crippen molar-refractivity contribution in [1.29, 1.82) is 5.26 Å². The van der Waals surface area contributed by atoms with E-state index >= 15 is 0 Å². The van der Waals surface area contributed by atoms with Gasteiger partial charge in [-0.25, -0.2) is 0 Å². The maximum atomic E-state index is 12.4. The summed E-state index contributed by atoms with van der Waals surface area (Å²) in [5.74, 6) is -0.0901. The lowest BCUT2D eigenvalue weighted by molar-refractivity contribution is 0.0758. The lowest BCUT2D eigenvalue weighted by Crippen LogP contribution is -2.30. The van der Waals surface area contributed by atoms with Gasteiger partial charge in [0.15, 0.2) is 0 Å². The van der Waals surface area contributed by atoms with Crippen LogP contribution in [-0.2, 0) is 6.54 Å². The summed E-state index contributed by atoms with van der Waals surface area (Å²) in [6.45, 7) is 2.89. The maximum Gasteiger partial charge on any atom is 0.266 e. The summed E-state index contributed by atoms with van der Waals surface area (Å²) in [6, 6.07) is 11.2. The van der Waals surface area contributed by atoms with Crippen LogP contribution in [0.3, 0.4) is 0 Å². The van der Waals surface area contributed by atoms with Crippen LogP contribution in [0.5, 0.6) is 0 Å². The van der Waals surface area contributed by atoms with E-state index in [1.807, 2.05) is 25.1 Å². The fourth-order valence-corrected chi connectivity index (χ4v) is 2.72. The number of nitrogens with zero attached hydrogens (tertiary/aromatic N) is 2. The number of benzene rings is 1.